The van der Waals surface area contributed by atoms with Crippen LogP contribution in [0.2, 0.25) is 0 Å². The van der Waals surface area contributed by atoms with E-state index in [0.717, 1.165) is 11.4 Å². The van der Waals surface area contributed by atoms with Gasteiger partial charge in [-0.2, -0.15) is 5.10 Å². The van der Waals surface area contributed by atoms with E-state index in [9.17, 15) is 9.18 Å². The molecule has 0 atom stereocenters. The number of halogens is 1. The number of amides is 2. The highest BCUT2D eigenvalue weighted by molar-refractivity contribution is 5.89. The van der Waals surface area contributed by atoms with Gasteiger partial charge in [-0.05, 0) is 44.0 Å². The Kier molecular flexibility index (Phi) is 4.80. The van der Waals surface area contributed by atoms with Crippen LogP contribution in [0.4, 0.5) is 14.9 Å². The van der Waals surface area contributed by atoms with Crippen molar-refractivity contribution in [3.05, 3.63) is 41.5 Å². The predicted octanol–water partition coefficient (Wildman–Crippen LogP) is 3.41. The zero-order valence-corrected chi connectivity index (χ0v) is 13.3. The third-order valence-electron chi connectivity index (χ3n) is 3.11. The summed E-state index contributed by atoms with van der Waals surface area (Å²) in [7, 11) is 0. The lowest BCUT2D eigenvalue weighted by Crippen LogP contribution is -2.31. The standard InChI is InChI=1S/C16H21FN4O/c1-10(2)9-18-16(22)19-13-5-6-15(14(17)8-13)21-12(4)7-11(3)20-21/h5-8,10H,9H2,1-4H3,(H2,18,19,22). The summed E-state index contributed by atoms with van der Waals surface area (Å²) < 4.78 is 15.8. The summed E-state index contributed by atoms with van der Waals surface area (Å²) >= 11 is 0. The first-order valence-electron chi connectivity index (χ1n) is 7.25. The molecular formula is C16H21FN4O. The Balaban J connectivity index is 2.13. The lowest BCUT2D eigenvalue weighted by atomic mass is 10.2. The van der Waals surface area contributed by atoms with Crippen molar-refractivity contribution >= 4 is 11.7 Å². The quantitative estimate of drug-likeness (QED) is 0.909. The van der Waals surface area contributed by atoms with Crippen LogP contribution in [0.3, 0.4) is 0 Å². The highest BCUT2D eigenvalue weighted by Crippen LogP contribution is 2.19. The molecule has 118 valence electrons. The number of carbonyl (C=O) groups excluding carboxylic acids is 1. The van der Waals surface area contributed by atoms with Crippen molar-refractivity contribution in [2.24, 2.45) is 5.92 Å². The SMILES string of the molecule is Cc1cc(C)n(-c2ccc(NC(=O)NCC(C)C)cc2F)n1. The number of aryl methyl sites for hydroxylation is 2. The second kappa shape index (κ2) is 6.60. The summed E-state index contributed by atoms with van der Waals surface area (Å²) in [5, 5.41) is 9.59. The molecule has 0 saturated carbocycles. The van der Waals surface area contributed by atoms with E-state index in [1.165, 1.54) is 6.07 Å². The minimum atomic E-state index is -0.437. The number of nitrogens with one attached hydrogen (secondary N) is 2. The Morgan fingerprint density at radius 1 is 1.32 bits per heavy atom. The van der Waals surface area contributed by atoms with Crippen LogP contribution in [0.5, 0.6) is 0 Å². The maximum absolute atomic E-state index is 14.3. The van der Waals surface area contributed by atoms with Crippen LogP contribution in [0.25, 0.3) is 5.69 Å². The molecule has 22 heavy (non-hydrogen) atoms. The third kappa shape index (κ3) is 3.84. The fraction of sp³-hybridized carbons (Fsp3) is 0.375. The lowest BCUT2D eigenvalue weighted by Gasteiger charge is -2.11. The molecule has 1 aromatic heterocycles. The molecule has 0 aliphatic rings. The molecule has 0 aliphatic carbocycles. The molecule has 6 heteroatoms. The third-order valence-corrected chi connectivity index (χ3v) is 3.11. The van der Waals surface area contributed by atoms with E-state index in [1.807, 2.05) is 33.8 Å². The number of hydrogen-bond acceptors (Lipinski definition) is 2. The van der Waals surface area contributed by atoms with Crippen LogP contribution < -0.4 is 10.6 Å². The average Bonchev–Trinajstić information content (AvgIpc) is 2.75. The molecule has 0 saturated heterocycles. The molecule has 0 fully saturated rings. The average molecular weight is 304 g/mol. The van der Waals surface area contributed by atoms with Crippen molar-refractivity contribution < 1.29 is 9.18 Å². The summed E-state index contributed by atoms with van der Waals surface area (Å²) in [4.78, 5) is 11.7. The summed E-state index contributed by atoms with van der Waals surface area (Å²) in [5.74, 6) is -0.0799. The second-order valence-corrected chi connectivity index (χ2v) is 5.73. The zero-order valence-electron chi connectivity index (χ0n) is 13.3. The first kappa shape index (κ1) is 16.0. The van der Waals surface area contributed by atoms with Gasteiger partial charge >= 0.3 is 6.03 Å². The van der Waals surface area contributed by atoms with Crippen LogP contribution >= 0.6 is 0 Å². The van der Waals surface area contributed by atoms with E-state index >= 15 is 0 Å². The van der Waals surface area contributed by atoms with Crippen LogP contribution in [0, 0.1) is 25.6 Å². The number of nitrogens with zero attached hydrogens (tertiary/aromatic N) is 2. The Hall–Kier alpha value is -2.37. The first-order valence-corrected chi connectivity index (χ1v) is 7.25. The van der Waals surface area contributed by atoms with Gasteiger partial charge in [0.2, 0.25) is 0 Å². The molecule has 1 aromatic carbocycles. The van der Waals surface area contributed by atoms with Gasteiger partial charge < -0.3 is 10.6 Å². The molecule has 1 heterocycles. The summed E-state index contributed by atoms with van der Waals surface area (Å²) in [6.45, 7) is 8.30. The van der Waals surface area contributed by atoms with Crippen LogP contribution in [-0.4, -0.2) is 22.4 Å². The van der Waals surface area contributed by atoms with E-state index in [1.54, 1.807) is 16.8 Å². The number of urea groups is 1. The van der Waals surface area contributed by atoms with Gasteiger partial charge in [-0.3, -0.25) is 0 Å². The molecule has 2 aromatic rings. The maximum Gasteiger partial charge on any atom is 0.319 e. The number of benzene rings is 1. The summed E-state index contributed by atoms with van der Waals surface area (Å²) in [5.41, 5.74) is 2.45. The highest BCUT2D eigenvalue weighted by atomic mass is 19.1. The molecule has 0 bridgehead atoms. The van der Waals surface area contributed by atoms with E-state index in [2.05, 4.69) is 15.7 Å². The van der Waals surface area contributed by atoms with Crippen molar-refractivity contribution in [1.82, 2.24) is 15.1 Å². The van der Waals surface area contributed by atoms with Crippen molar-refractivity contribution in [2.75, 3.05) is 11.9 Å². The number of rotatable bonds is 4. The molecule has 2 N–H and O–H groups in total. The van der Waals surface area contributed by atoms with Gasteiger partial charge in [0.1, 0.15) is 5.69 Å². The topological polar surface area (TPSA) is 59.0 Å². The Morgan fingerprint density at radius 2 is 2.05 bits per heavy atom. The van der Waals surface area contributed by atoms with E-state index in [0.29, 0.717) is 23.8 Å². The largest absolute Gasteiger partial charge is 0.338 e. The van der Waals surface area contributed by atoms with Crippen molar-refractivity contribution in [3.8, 4) is 5.69 Å². The molecule has 2 rings (SSSR count). The Morgan fingerprint density at radius 3 is 2.59 bits per heavy atom. The number of anilines is 1. The molecule has 0 aliphatic heterocycles. The summed E-state index contributed by atoms with van der Waals surface area (Å²) in [6.07, 6.45) is 0. The fourth-order valence-electron chi connectivity index (χ4n) is 2.10. The van der Waals surface area contributed by atoms with E-state index in [4.69, 9.17) is 0 Å². The minimum absolute atomic E-state index is 0.341. The highest BCUT2D eigenvalue weighted by Gasteiger charge is 2.11. The molecule has 0 unspecified atom stereocenters. The van der Waals surface area contributed by atoms with Gasteiger partial charge in [0.05, 0.1) is 5.69 Å². The van der Waals surface area contributed by atoms with Gasteiger partial charge in [-0.1, -0.05) is 13.8 Å². The van der Waals surface area contributed by atoms with Crippen LogP contribution in [0.15, 0.2) is 24.3 Å². The Labute approximate surface area is 129 Å². The molecule has 0 spiro atoms. The van der Waals surface area contributed by atoms with E-state index in [-0.39, 0.29) is 6.03 Å². The van der Waals surface area contributed by atoms with Gasteiger partial charge in [-0.15, -0.1) is 0 Å². The molecule has 2 amide bonds. The van der Waals surface area contributed by atoms with Gasteiger partial charge in [0.25, 0.3) is 0 Å². The maximum atomic E-state index is 14.3. The zero-order chi connectivity index (χ0) is 16.3. The van der Waals surface area contributed by atoms with Crippen molar-refractivity contribution in [3.63, 3.8) is 0 Å². The number of aromatic nitrogens is 2. The fourth-order valence-corrected chi connectivity index (χ4v) is 2.10. The first-order chi connectivity index (χ1) is 10.4. The van der Waals surface area contributed by atoms with Crippen LogP contribution in [-0.2, 0) is 0 Å². The predicted molar refractivity (Wildman–Crippen MR) is 84.9 cm³/mol. The molecule has 0 radical (unpaired) electrons. The van der Waals surface area contributed by atoms with E-state index < -0.39 is 5.82 Å². The van der Waals surface area contributed by atoms with Crippen molar-refractivity contribution in [2.45, 2.75) is 27.7 Å². The van der Waals surface area contributed by atoms with Gasteiger partial charge in [0, 0.05) is 17.9 Å². The minimum Gasteiger partial charge on any atom is -0.338 e. The number of carbonyl (C=O) groups is 1. The summed E-state index contributed by atoms with van der Waals surface area (Å²) in [6, 6.07) is 6.09. The normalized spacial score (nSPS) is 10.8. The van der Waals surface area contributed by atoms with Gasteiger partial charge in [0.15, 0.2) is 5.82 Å². The second-order valence-electron chi connectivity index (χ2n) is 5.73. The Bertz CT molecular complexity index is 679. The lowest BCUT2D eigenvalue weighted by molar-refractivity contribution is 0.251. The van der Waals surface area contributed by atoms with Gasteiger partial charge in [-0.25, -0.2) is 13.9 Å². The van der Waals surface area contributed by atoms with Crippen LogP contribution in [0.1, 0.15) is 25.2 Å². The number of hydrogen-bond donors (Lipinski definition) is 2. The van der Waals surface area contributed by atoms with Crippen molar-refractivity contribution in [1.29, 1.82) is 0 Å². The smallest absolute Gasteiger partial charge is 0.319 e. The molecule has 5 nitrogen and oxygen atoms in total. The monoisotopic (exact) mass is 304 g/mol. The molecular weight excluding hydrogens is 283 g/mol.